The summed E-state index contributed by atoms with van der Waals surface area (Å²) in [5.41, 5.74) is 0. The topological polar surface area (TPSA) is 46.8 Å². The predicted molar refractivity (Wildman–Crippen MR) is 83.7 cm³/mol. The van der Waals surface area contributed by atoms with Crippen LogP contribution in [0.1, 0.15) is 57.7 Å². The van der Waals surface area contributed by atoms with Crippen LogP contribution in [0.15, 0.2) is 0 Å². The second-order valence-electron chi connectivity index (χ2n) is 5.56. The van der Waals surface area contributed by atoms with Gasteiger partial charge in [0, 0.05) is 26.1 Å². The Kier molecular flexibility index (Phi) is 5.88. The Morgan fingerprint density at radius 2 is 2.10 bits per heavy atom. The number of hydrogen-bond donors (Lipinski definition) is 0. The van der Waals surface area contributed by atoms with Gasteiger partial charge in [0.05, 0.1) is 4.99 Å². The van der Waals surface area contributed by atoms with Crippen LogP contribution in [-0.2, 0) is 13.0 Å². The molecule has 2 rings (SSSR count). The summed E-state index contributed by atoms with van der Waals surface area (Å²) in [4.78, 5) is 3.42. The van der Waals surface area contributed by atoms with Crippen molar-refractivity contribution in [1.82, 2.24) is 25.1 Å². The number of thiocarbonyl (C=S) groups is 1. The highest BCUT2D eigenvalue weighted by Crippen LogP contribution is 2.22. The van der Waals surface area contributed by atoms with E-state index in [1.54, 1.807) is 0 Å². The van der Waals surface area contributed by atoms with Gasteiger partial charge in [0.2, 0.25) is 0 Å². The molecule has 1 aliphatic carbocycles. The minimum atomic E-state index is 0.664. The molecule has 1 fully saturated rings. The minimum absolute atomic E-state index is 0.664. The SMILES string of the molecule is CCn1nnnc1CCCC(=S)N(C)C1CCCCC1. The molecule has 112 valence electrons. The van der Waals surface area contributed by atoms with E-state index in [0.29, 0.717) is 6.04 Å². The third-order valence-electron chi connectivity index (χ3n) is 4.21. The molecule has 1 aliphatic rings. The van der Waals surface area contributed by atoms with Crippen LogP contribution in [0.5, 0.6) is 0 Å². The molecule has 0 radical (unpaired) electrons. The van der Waals surface area contributed by atoms with Gasteiger partial charge in [0.25, 0.3) is 0 Å². The van der Waals surface area contributed by atoms with E-state index < -0.39 is 0 Å². The highest BCUT2D eigenvalue weighted by molar-refractivity contribution is 7.80. The van der Waals surface area contributed by atoms with Crippen molar-refractivity contribution in [2.75, 3.05) is 7.05 Å². The zero-order chi connectivity index (χ0) is 14.4. The molecular formula is C14H25N5S. The molecule has 0 N–H and O–H groups in total. The number of aryl methyl sites for hydroxylation is 2. The van der Waals surface area contributed by atoms with Gasteiger partial charge in [-0.3, -0.25) is 0 Å². The van der Waals surface area contributed by atoms with Crippen molar-refractivity contribution in [1.29, 1.82) is 0 Å². The maximum atomic E-state index is 5.58. The Morgan fingerprint density at radius 1 is 1.35 bits per heavy atom. The fourth-order valence-corrected chi connectivity index (χ4v) is 3.19. The van der Waals surface area contributed by atoms with Crippen molar-refractivity contribution in [3.05, 3.63) is 5.82 Å². The highest BCUT2D eigenvalue weighted by atomic mass is 32.1. The first-order valence-electron chi connectivity index (χ1n) is 7.73. The van der Waals surface area contributed by atoms with E-state index in [4.69, 9.17) is 12.2 Å². The number of hydrogen-bond acceptors (Lipinski definition) is 4. The van der Waals surface area contributed by atoms with Crippen molar-refractivity contribution in [3.8, 4) is 0 Å². The van der Waals surface area contributed by atoms with E-state index in [1.807, 2.05) is 4.68 Å². The fraction of sp³-hybridized carbons (Fsp3) is 0.857. The standard InChI is InChI=1S/C14H25N5S/c1-3-19-13(15-16-17-19)10-7-11-14(20)18(2)12-8-5-4-6-9-12/h12H,3-11H2,1-2H3. The van der Waals surface area contributed by atoms with Gasteiger partial charge < -0.3 is 4.90 Å². The van der Waals surface area contributed by atoms with Gasteiger partial charge >= 0.3 is 0 Å². The zero-order valence-electron chi connectivity index (χ0n) is 12.6. The second-order valence-corrected chi connectivity index (χ2v) is 6.03. The van der Waals surface area contributed by atoms with E-state index in [9.17, 15) is 0 Å². The van der Waals surface area contributed by atoms with Crippen LogP contribution in [0.3, 0.4) is 0 Å². The first kappa shape index (κ1) is 15.4. The number of nitrogens with zero attached hydrogens (tertiary/aromatic N) is 5. The minimum Gasteiger partial charge on any atom is -0.366 e. The predicted octanol–water partition coefficient (Wildman–Crippen LogP) is 2.61. The van der Waals surface area contributed by atoms with Crippen LogP contribution in [0.25, 0.3) is 0 Å². The maximum absolute atomic E-state index is 5.58. The third kappa shape index (κ3) is 3.98. The molecule has 0 spiro atoms. The molecule has 0 unspecified atom stereocenters. The van der Waals surface area contributed by atoms with E-state index in [2.05, 4.69) is 34.4 Å². The monoisotopic (exact) mass is 295 g/mol. The van der Waals surface area contributed by atoms with Crippen molar-refractivity contribution in [2.24, 2.45) is 0 Å². The summed E-state index contributed by atoms with van der Waals surface area (Å²) in [6.45, 7) is 2.89. The summed E-state index contributed by atoms with van der Waals surface area (Å²) >= 11 is 5.58. The zero-order valence-corrected chi connectivity index (χ0v) is 13.4. The third-order valence-corrected chi connectivity index (χ3v) is 4.70. The van der Waals surface area contributed by atoms with Crippen LogP contribution in [0.4, 0.5) is 0 Å². The lowest BCUT2D eigenvalue weighted by atomic mass is 9.94. The highest BCUT2D eigenvalue weighted by Gasteiger charge is 2.19. The van der Waals surface area contributed by atoms with Crippen molar-refractivity contribution < 1.29 is 0 Å². The smallest absolute Gasteiger partial charge is 0.151 e. The van der Waals surface area contributed by atoms with Gasteiger partial charge in [-0.15, -0.1) is 5.10 Å². The summed E-state index contributed by atoms with van der Waals surface area (Å²) in [5, 5.41) is 11.7. The van der Waals surface area contributed by atoms with Gasteiger partial charge in [-0.1, -0.05) is 31.5 Å². The molecule has 1 aromatic rings. The second kappa shape index (κ2) is 7.67. The Bertz CT molecular complexity index is 425. The lowest BCUT2D eigenvalue weighted by molar-refractivity contribution is 0.278. The van der Waals surface area contributed by atoms with Crippen molar-refractivity contribution >= 4 is 17.2 Å². The largest absolute Gasteiger partial charge is 0.366 e. The van der Waals surface area contributed by atoms with Crippen LogP contribution in [0, 0.1) is 0 Å². The number of tetrazole rings is 1. The maximum Gasteiger partial charge on any atom is 0.151 e. The first-order valence-corrected chi connectivity index (χ1v) is 8.14. The first-order chi connectivity index (χ1) is 9.72. The van der Waals surface area contributed by atoms with Crippen LogP contribution in [0.2, 0.25) is 0 Å². The van der Waals surface area contributed by atoms with Crippen LogP contribution in [-0.4, -0.2) is 43.2 Å². The Labute approximate surface area is 126 Å². The Morgan fingerprint density at radius 3 is 2.80 bits per heavy atom. The lowest BCUT2D eigenvalue weighted by Crippen LogP contribution is -2.37. The Balaban J connectivity index is 1.74. The molecule has 0 aromatic carbocycles. The molecule has 1 aromatic heterocycles. The fourth-order valence-electron chi connectivity index (χ4n) is 2.89. The molecule has 0 atom stereocenters. The lowest BCUT2D eigenvalue weighted by Gasteiger charge is -2.33. The number of rotatable bonds is 6. The molecule has 6 heteroatoms. The quantitative estimate of drug-likeness (QED) is 0.755. The van der Waals surface area contributed by atoms with Gasteiger partial charge in [-0.2, -0.15) is 0 Å². The normalized spacial score (nSPS) is 16.3. The summed E-state index contributed by atoms with van der Waals surface area (Å²) in [6, 6.07) is 0.664. The van der Waals surface area contributed by atoms with Gasteiger partial charge in [-0.05, 0) is 43.0 Å². The molecule has 1 heterocycles. The van der Waals surface area contributed by atoms with Gasteiger partial charge in [0.1, 0.15) is 0 Å². The molecule has 20 heavy (non-hydrogen) atoms. The van der Waals surface area contributed by atoms with Crippen LogP contribution < -0.4 is 0 Å². The summed E-state index contributed by atoms with van der Waals surface area (Å²) in [5.74, 6) is 0.968. The average Bonchev–Trinajstić information content (AvgIpc) is 2.94. The van der Waals surface area contributed by atoms with E-state index in [-0.39, 0.29) is 0 Å². The van der Waals surface area contributed by atoms with E-state index >= 15 is 0 Å². The molecule has 0 amide bonds. The van der Waals surface area contributed by atoms with E-state index in [0.717, 1.165) is 36.6 Å². The number of aromatic nitrogens is 4. The summed E-state index contributed by atoms with van der Waals surface area (Å²) in [6.07, 6.45) is 9.56. The molecule has 0 aliphatic heterocycles. The average molecular weight is 295 g/mol. The molecule has 0 bridgehead atoms. The molecular weight excluding hydrogens is 270 g/mol. The molecule has 5 nitrogen and oxygen atoms in total. The van der Waals surface area contributed by atoms with Gasteiger partial charge in [-0.25, -0.2) is 4.68 Å². The van der Waals surface area contributed by atoms with Gasteiger partial charge in [0.15, 0.2) is 5.82 Å². The van der Waals surface area contributed by atoms with Crippen LogP contribution >= 0.6 is 12.2 Å². The molecule has 1 saturated carbocycles. The summed E-state index contributed by atoms with van der Waals surface area (Å²) in [7, 11) is 2.16. The summed E-state index contributed by atoms with van der Waals surface area (Å²) < 4.78 is 1.86. The van der Waals surface area contributed by atoms with Crippen molar-refractivity contribution in [2.45, 2.75) is 70.9 Å². The Hall–Kier alpha value is -1.04. The van der Waals surface area contributed by atoms with E-state index in [1.165, 1.54) is 32.1 Å². The molecule has 0 saturated heterocycles. The van der Waals surface area contributed by atoms with Crippen molar-refractivity contribution in [3.63, 3.8) is 0 Å².